The van der Waals surface area contributed by atoms with Gasteiger partial charge < -0.3 is 15.5 Å². The maximum atomic E-state index is 9.21. The topological polar surface area (TPSA) is 81.2 Å². The van der Waals surface area contributed by atoms with Gasteiger partial charge in [0.1, 0.15) is 4.60 Å². The van der Waals surface area contributed by atoms with Gasteiger partial charge in [-0.25, -0.2) is 0 Å². The number of rotatable bonds is 4. The maximum Gasteiger partial charge on any atom is 0.108 e. The van der Waals surface area contributed by atoms with Crippen LogP contribution >= 0.6 is 15.9 Å². The average molecular weight is 286 g/mol. The molecule has 0 spiro atoms. The van der Waals surface area contributed by atoms with Crippen LogP contribution in [0.15, 0.2) is 22.8 Å². The lowest BCUT2D eigenvalue weighted by molar-refractivity contribution is 0.105. The molecule has 1 aromatic heterocycles. The van der Waals surface area contributed by atoms with E-state index in [1.165, 1.54) is 0 Å². The van der Waals surface area contributed by atoms with Crippen LogP contribution in [0, 0.1) is 0 Å². The van der Waals surface area contributed by atoms with Crippen molar-refractivity contribution in [1.29, 1.82) is 0 Å². The number of nitrogens with zero attached hydrogens (tertiary/aromatic N) is 1. The third-order valence-corrected chi connectivity index (χ3v) is 2.86. The first kappa shape index (κ1) is 11.4. The summed E-state index contributed by atoms with van der Waals surface area (Å²) in [5.41, 5.74) is 1.75. The maximum absolute atomic E-state index is 9.21. The molecule has 1 unspecified atom stereocenters. The Kier molecular flexibility index (Phi) is 3.42. The van der Waals surface area contributed by atoms with Gasteiger partial charge in [-0.3, -0.25) is 5.10 Å². The van der Waals surface area contributed by atoms with Gasteiger partial charge in [0, 0.05) is 17.6 Å². The van der Waals surface area contributed by atoms with Crippen molar-refractivity contribution in [3.63, 3.8) is 0 Å². The fraction of sp³-hybridized carbons (Fsp3) is 0.300. The van der Waals surface area contributed by atoms with Crippen molar-refractivity contribution in [1.82, 2.24) is 10.2 Å². The monoisotopic (exact) mass is 285 g/mol. The number of halogens is 1. The molecule has 0 amide bonds. The highest BCUT2D eigenvalue weighted by molar-refractivity contribution is 9.10. The Hall–Kier alpha value is -1.11. The fourth-order valence-corrected chi connectivity index (χ4v) is 1.80. The zero-order chi connectivity index (χ0) is 11.5. The normalized spacial score (nSPS) is 12.9. The highest BCUT2D eigenvalue weighted by Crippen LogP contribution is 2.23. The summed E-state index contributed by atoms with van der Waals surface area (Å²) < 4.78 is 0.828. The second-order valence-electron chi connectivity index (χ2n) is 3.49. The molecule has 0 saturated carbocycles. The van der Waals surface area contributed by atoms with Crippen molar-refractivity contribution >= 4 is 32.5 Å². The van der Waals surface area contributed by atoms with E-state index in [0.717, 1.165) is 21.2 Å². The number of aliphatic hydroxyl groups is 2. The third kappa shape index (κ3) is 2.34. The van der Waals surface area contributed by atoms with E-state index in [1.807, 2.05) is 18.2 Å². The molecule has 4 N–H and O–H groups in total. The highest BCUT2D eigenvalue weighted by atomic mass is 79.9. The van der Waals surface area contributed by atoms with E-state index in [0.29, 0.717) is 6.54 Å². The van der Waals surface area contributed by atoms with Crippen molar-refractivity contribution in [3.05, 3.63) is 22.8 Å². The van der Waals surface area contributed by atoms with Gasteiger partial charge in [0.15, 0.2) is 0 Å². The predicted octanol–water partition coefficient (Wildman–Crippen LogP) is 1.09. The third-order valence-electron chi connectivity index (χ3n) is 2.26. The van der Waals surface area contributed by atoms with E-state index >= 15 is 0 Å². The lowest BCUT2D eigenvalue weighted by atomic mass is 10.2. The van der Waals surface area contributed by atoms with Gasteiger partial charge in [-0.05, 0) is 34.1 Å². The quantitative estimate of drug-likeness (QED) is 0.678. The lowest BCUT2D eigenvalue weighted by Gasteiger charge is -2.09. The minimum Gasteiger partial charge on any atom is -0.394 e. The van der Waals surface area contributed by atoms with Crippen LogP contribution in [0.2, 0.25) is 0 Å². The standard InChI is InChI=1S/C10H12BrN3O2/c11-10-8-3-6(12-4-7(16)5-15)1-2-9(8)13-14-10/h1-3,7,12,15-16H,4-5H2,(H,13,14). The molecular weight excluding hydrogens is 274 g/mol. The zero-order valence-corrected chi connectivity index (χ0v) is 10.0. The Morgan fingerprint density at radius 1 is 1.50 bits per heavy atom. The molecule has 16 heavy (non-hydrogen) atoms. The van der Waals surface area contributed by atoms with Crippen LogP contribution in [0.1, 0.15) is 0 Å². The Balaban J connectivity index is 2.15. The number of anilines is 1. The molecule has 5 nitrogen and oxygen atoms in total. The number of hydrogen-bond donors (Lipinski definition) is 4. The number of aromatic amines is 1. The lowest BCUT2D eigenvalue weighted by Crippen LogP contribution is -2.22. The van der Waals surface area contributed by atoms with E-state index < -0.39 is 6.10 Å². The summed E-state index contributed by atoms with van der Waals surface area (Å²) in [6.45, 7) is 0.0716. The zero-order valence-electron chi connectivity index (χ0n) is 8.44. The molecule has 0 bridgehead atoms. The number of aromatic nitrogens is 2. The predicted molar refractivity (Wildman–Crippen MR) is 65.4 cm³/mol. The second kappa shape index (κ2) is 4.82. The van der Waals surface area contributed by atoms with Gasteiger partial charge in [0.05, 0.1) is 18.2 Å². The average Bonchev–Trinajstić information content (AvgIpc) is 2.68. The van der Waals surface area contributed by atoms with Gasteiger partial charge >= 0.3 is 0 Å². The van der Waals surface area contributed by atoms with Crippen LogP contribution < -0.4 is 5.32 Å². The van der Waals surface area contributed by atoms with E-state index in [1.54, 1.807) is 0 Å². The molecule has 86 valence electrons. The van der Waals surface area contributed by atoms with Crippen LogP contribution in [-0.4, -0.2) is 39.7 Å². The molecule has 0 aliphatic heterocycles. The minimum absolute atomic E-state index is 0.245. The van der Waals surface area contributed by atoms with E-state index in [4.69, 9.17) is 5.11 Å². The van der Waals surface area contributed by atoms with Gasteiger partial charge in [-0.2, -0.15) is 5.10 Å². The number of H-pyrrole nitrogens is 1. The summed E-state index contributed by atoms with van der Waals surface area (Å²) in [6, 6.07) is 5.68. The first-order chi connectivity index (χ1) is 7.70. The molecule has 6 heteroatoms. The Morgan fingerprint density at radius 3 is 3.06 bits per heavy atom. The molecule has 2 aromatic rings. The van der Waals surface area contributed by atoms with E-state index in [2.05, 4.69) is 31.4 Å². The van der Waals surface area contributed by atoms with E-state index in [-0.39, 0.29) is 6.61 Å². The molecule has 0 aliphatic carbocycles. The smallest absolute Gasteiger partial charge is 0.108 e. The number of hydrogen-bond acceptors (Lipinski definition) is 4. The Morgan fingerprint density at radius 2 is 2.31 bits per heavy atom. The molecule has 0 radical (unpaired) electrons. The number of fused-ring (bicyclic) bond motifs is 1. The van der Waals surface area contributed by atoms with Crippen LogP contribution in [-0.2, 0) is 0 Å². The largest absolute Gasteiger partial charge is 0.394 e. The van der Waals surface area contributed by atoms with Gasteiger partial charge in [0.2, 0.25) is 0 Å². The van der Waals surface area contributed by atoms with Crippen molar-refractivity contribution in [2.45, 2.75) is 6.10 Å². The molecule has 0 aliphatic rings. The number of benzene rings is 1. The molecular formula is C10H12BrN3O2. The van der Waals surface area contributed by atoms with Crippen LogP contribution in [0.3, 0.4) is 0 Å². The molecule has 0 saturated heterocycles. The summed E-state index contributed by atoms with van der Waals surface area (Å²) in [7, 11) is 0. The molecule has 0 fully saturated rings. The number of nitrogens with one attached hydrogen (secondary N) is 2. The summed E-state index contributed by atoms with van der Waals surface area (Å²) in [5, 5.41) is 28.8. The number of aliphatic hydroxyl groups excluding tert-OH is 2. The second-order valence-corrected chi connectivity index (χ2v) is 4.28. The summed E-state index contributed by atoms with van der Waals surface area (Å²) in [5.74, 6) is 0. The summed E-state index contributed by atoms with van der Waals surface area (Å²) >= 11 is 3.36. The SMILES string of the molecule is OCC(O)CNc1ccc2n[nH]c(Br)c2c1. The van der Waals surface area contributed by atoms with Crippen LogP contribution in [0.4, 0.5) is 5.69 Å². The van der Waals surface area contributed by atoms with Crippen molar-refractivity contribution in [2.24, 2.45) is 0 Å². The summed E-state index contributed by atoms with van der Waals surface area (Å²) in [4.78, 5) is 0. The highest BCUT2D eigenvalue weighted by Gasteiger charge is 2.05. The first-order valence-electron chi connectivity index (χ1n) is 4.87. The van der Waals surface area contributed by atoms with Gasteiger partial charge in [0.25, 0.3) is 0 Å². The molecule has 1 atom stereocenters. The minimum atomic E-state index is -0.747. The molecule has 2 rings (SSSR count). The Labute approximate surface area is 101 Å². The van der Waals surface area contributed by atoms with Crippen LogP contribution in [0.25, 0.3) is 10.9 Å². The van der Waals surface area contributed by atoms with Crippen molar-refractivity contribution in [3.8, 4) is 0 Å². The van der Waals surface area contributed by atoms with Gasteiger partial charge in [-0.15, -0.1) is 0 Å². The fourth-order valence-electron chi connectivity index (χ4n) is 1.39. The van der Waals surface area contributed by atoms with Crippen molar-refractivity contribution < 1.29 is 10.2 Å². The van der Waals surface area contributed by atoms with Crippen molar-refractivity contribution in [2.75, 3.05) is 18.5 Å². The van der Waals surface area contributed by atoms with E-state index in [9.17, 15) is 5.11 Å². The summed E-state index contributed by atoms with van der Waals surface area (Å²) in [6.07, 6.45) is -0.747. The molecule has 1 heterocycles. The Bertz CT molecular complexity index is 486. The molecule has 1 aromatic carbocycles. The first-order valence-corrected chi connectivity index (χ1v) is 5.66. The van der Waals surface area contributed by atoms with Gasteiger partial charge in [-0.1, -0.05) is 0 Å². The van der Waals surface area contributed by atoms with Crippen LogP contribution in [0.5, 0.6) is 0 Å².